The van der Waals surface area contributed by atoms with Crippen molar-refractivity contribution in [1.29, 1.82) is 0 Å². The monoisotopic (exact) mass is 333 g/mol. The lowest BCUT2D eigenvalue weighted by Gasteiger charge is -2.22. The van der Waals surface area contributed by atoms with Gasteiger partial charge >= 0.3 is 5.69 Å². The number of hydrogen-bond acceptors (Lipinski definition) is 6. The first-order chi connectivity index (χ1) is 9.99. The van der Waals surface area contributed by atoms with E-state index in [0.29, 0.717) is 12.2 Å². The maximum absolute atomic E-state index is 12.2. The minimum Gasteiger partial charge on any atom is -0.387 e. The number of hydrogen-bond donors (Lipinski definition) is 1. The van der Waals surface area contributed by atoms with Gasteiger partial charge in [0, 0.05) is 28.8 Å². The maximum atomic E-state index is 12.2. The smallest absolute Gasteiger partial charge is 0.351 e. The van der Waals surface area contributed by atoms with Gasteiger partial charge < -0.3 is 19.3 Å². The minimum atomic E-state index is -0.756. The van der Waals surface area contributed by atoms with Crippen molar-refractivity contribution in [3.63, 3.8) is 0 Å². The Balaban J connectivity index is 2.33. The molecule has 1 aromatic heterocycles. The molecule has 2 heterocycles. The first kappa shape index (κ1) is 16.8. The Bertz CT molecular complexity index is 539. The van der Waals surface area contributed by atoms with Crippen LogP contribution in [0.4, 0.5) is 5.82 Å². The fourth-order valence-corrected chi connectivity index (χ4v) is 3.22. The Labute approximate surface area is 127 Å². The third kappa shape index (κ3) is 3.43. The molecular weight excluding hydrogens is 312 g/mol. The molecular formula is C12H21N3O4P2. The van der Waals surface area contributed by atoms with E-state index < -0.39 is 24.1 Å². The highest BCUT2D eigenvalue weighted by molar-refractivity contribution is 8.00. The van der Waals surface area contributed by atoms with Crippen LogP contribution in [0.25, 0.3) is 0 Å². The van der Waals surface area contributed by atoms with Crippen LogP contribution in [0.2, 0.25) is 0 Å². The average molecular weight is 333 g/mol. The lowest BCUT2D eigenvalue weighted by molar-refractivity contribution is -0.0326. The summed E-state index contributed by atoms with van der Waals surface area (Å²) in [6.45, 7) is 1.92. The summed E-state index contributed by atoms with van der Waals surface area (Å²) in [5, 5.41) is 10.2. The molecule has 7 nitrogen and oxygen atoms in total. The summed E-state index contributed by atoms with van der Waals surface area (Å²) in [5.74, 6) is 0.576. The molecule has 1 fully saturated rings. The predicted molar refractivity (Wildman–Crippen MR) is 85.9 cm³/mol. The summed E-state index contributed by atoms with van der Waals surface area (Å²) in [7, 11) is 6.22. The molecule has 0 radical (unpaired) electrons. The number of nitrogens with zero attached hydrogens (tertiary/aromatic N) is 3. The van der Waals surface area contributed by atoms with Gasteiger partial charge in [0.1, 0.15) is 18.0 Å². The Hall–Kier alpha value is -0.580. The van der Waals surface area contributed by atoms with Crippen LogP contribution in [-0.4, -0.2) is 47.1 Å². The Morgan fingerprint density at radius 1 is 1.62 bits per heavy atom. The van der Waals surface area contributed by atoms with E-state index in [4.69, 9.17) is 9.26 Å². The van der Waals surface area contributed by atoms with E-state index in [9.17, 15) is 9.90 Å². The predicted octanol–water partition coefficient (Wildman–Crippen LogP) is 0.746. The van der Waals surface area contributed by atoms with Gasteiger partial charge in [0.15, 0.2) is 6.23 Å². The number of aromatic nitrogens is 2. The fourth-order valence-electron chi connectivity index (χ4n) is 2.33. The molecule has 0 aliphatic carbocycles. The maximum Gasteiger partial charge on any atom is 0.351 e. The minimum absolute atomic E-state index is 0.123. The summed E-state index contributed by atoms with van der Waals surface area (Å²) < 4.78 is 12.7. The number of aliphatic hydroxyl groups is 1. The number of rotatable bonds is 5. The van der Waals surface area contributed by atoms with Crippen LogP contribution < -0.4 is 10.6 Å². The van der Waals surface area contributed by atoms with Gasteiger partial charge in [0.2, 0.25) is 0 Å². The molecule has 2 rings (SSSR count). The summed E-state index contributed by atoms with van der Waals surface area (Å²) in [5.41, 5.74) is -0.421. The zero-order valence-corrected chi connectivity index (χ0v) is 14.4. The van der Waals surface area contributed by atoms with E-state index in [1.807, 2.05) is 21.0 Å². The van der Waals surface area contributed by atoms with Crippen LogP contribution in [0.3, 0.4) is 0 Å². The molecule has 9 heteroatoms. The summed E-state index contributed by atoms with van der Waals surface area (Å²) in [6, 6.07) is 1.73. The van der Waals surface area contributed by atoms with Gasteiger partial charge in [0.25, 0.3) is 0 Å². The highest BCUT2D eigenvalue weighted by Crippen LogP contribution is 2.38. The molecule has 1 aliphatic rings. The van der Waals surface area contributed by atoms with Crippen molar-refractivity contribution < 1.29 is 14.4 Å². The van der Waals surface area contributed by atoms with Crippen molar-refractivity contribution in [3.05, 3.63) is 22.7 Å². The average Bonchev–Trinajstić information content (AvgIpc) is 2.76. The van der Waals surface area contributed by atoms with Crippen molar-refractivity contribution >= 4 is 23.2 Å². The van der Waals surface area contributed by atoms with Crippen LogP contribution in [0.5, 0.6) is 0 Å². The molecule has 6 atom stereocenters. The van der Waals surface area contributed by atoms with Gasteiger partial charge in [-0.25, -0.2) is 4.79 Å². The molecule has 3 unspecified atom stereocenters. The third-order valence-corrected chi connectivity index (χ3v) is 4.28. The first-order valence-electron chi connectivity index (χ1n) is 6.70. The molecule has 1 aromatic rings. The molecule has 118 valence electrons. The lowest BCUT2D eigenvalue weighted by Crippen LogP contribution is -2.36. The van der Waals surface area contributed by atoms with E-state index in [1.54, 1.807) is 17.2 Å². The van der Waals surface area contributed by atoms with E-state index in [0.717, 1.165) is 0 Å². The second kappa shape index (κ2) is 7.12. The largest absolute Gasteiger partial charge is 0.387 e. The van der Waals surface area contributed by atoms with Gasteiger partial charge in [-0.15, -0.1) is 0 Å². The van der Waals surface area contributed by atoms with Crippen molar-refractivity contribution in [2.75, 3.05) is 19.0 Å². The van der Waals surface area contributed by atoms with Crippen LogP contribution in [0.1, 0.15) is 19.6 Å². The highest BCUT2D eigenvalue weighted by Gasteiger charge is 2.45. The standard InChI is InChI=1S/C12H21N3O4P2/c1-4-7-9(16)10(19-21-20)11(18-7)15-6-5-8(14(2)3)13-12(15)17/h5-7,9-11,16,21H,4,20H2,1-3H3/t7-,9+,10?,11-/m1/s1. The molecule has 0 aromatic carbocycles. The van der Waals surface area contributed by atoms with Gasteiger partial charge in [-0.05, 0) is 12.5 Å². The Morgan fingerprint density at radius 2 is 2.33 bits per heavy atom. The van der Waals surface area contributed by atoms with Gasteiger partial charge in [0.05, 0.1) is 6.10 Å². The van der Waals surface area contributed by atoms with Crippen LogP contribution in [-0.2, 0) is 9.26 Å². The molecule has 1 N–H and O–H groups in total. The fraction of sp³-hybridized carbons (Fsp3) is 0.667. The molecule has 1 aliphatic heterocycles. The third-order valence-electron chi connectivity index (χ3n) is 3.47. The van der Waals surface area contributed by atoms with Crippen molar-refractivity contribution in [3.8, 4) is 0 Å². The number of anilines is 1. The van der Waals surface area contributed by atoms with E-state index in [-0.39, 0.29) is 14.6 Å². The van der Waals surface area contributed by atoms with Gasteiger partial charge in [-0.3, -0.25) is 4.57 Å². The number of ether oxygens (including phenoxy) is 1. The van der Waals surface area contributed by atoms with Crippen molar-refractivity contribution in [1.82, 2.24) is 9.55 Å². The quantitative estimate of drug-likeness (QED) is 0.801. The SMILES string of the molecule is CC[C@H]1O[C@@H](n2ccc(N(C)C)nc2=O)C(OPP)[C@H]1O. The Morgan fingerprint density at radius 3 is 2.86 bits per heavy atom. The van der Waals surface area contributed by atoms with Gasteiger partial charge in [-0.2, -0.15) is 4.98 Å². The first-order valence-corrected chi connectivity index (χ1v) is 9.42. The highest BCUT2D eigenvalue weighted by atomic mass is 32.0. The van der Waals surface area contributed by atoms with Crippen LogP contribution in [0, 0.1) is 0 Å². The second-order valence-electron chi connectivity index (χ2n) is 5.03. The topological polar surface area (TPSA) is 76.8 Å². The van der Waals surface area contributed by atoms with Crippen LogP contribution >= 0.6 is 17.4 Å². The second-order valence-corrected chi connectivity index (χ2v) is 6.21. The van der Waals surface area contributed by atoms with Gasteiger partial charge in [-0.1, -0.05) is 15.9 Å². The lowest BCUT2D eigenvalue weighted by atomic mass is 10.1. The molecule has 1 saturated heterocycles. The molecule has 21 heavy (non-hydrogen) atoms. The van der Waals surface area contributed by atoms with E-state index in [2.05, 4.69) is 13.9 Å². The molecule has 0 spiro atoms. The molecule has 0 amide bonds. The van der Waals surface area contributed by atoms with Crippen molar-refractivity contribution in [2.45, 2.75) is 37.9 Å². The Kier molecular flexibility index (Phi) is 5.69. The van der Waals surface area contributed by atoms with Crippen LogP contribution in [0.15, 0.2) is 17.1 Å². The summed E-state index contributed by atoms with van der Waals surface area (Å²) >= 11 is 0. The molecule has 0 saturated carbocycles. The van der Waals surface area contributed by atoms with E-state index >= 15 is 0 Å². The zero-order valence-electron chi connectivity index (χ0n) is 12.3. The van der Waals surface area contributed by atoms with E-state index in [1.165, 1.54) is 4.57 Å². The van der Waals surface area contributed by atoms with Crippen molar-refractivity contribution in [2.24, 2.45) is 0 Å². The molecule has 0 bridgehead atoms. The summed E-state index contributed by atoms with van der Waals surface area (Å²) in [4.78, 5) is 17.9. The summed E-state index contributed by atoms with van der Waals surface area (Å²) in [6.07, 6.45) is -0.0578. The zero-order chi connectivity index (χ0) is 15.6. The number of aliphatic hydroxyl groups excluding tert-OH is 1. The normalized spacial score (nSPS) is 29.4.